The monoisotopic (exact) mass is 484 g/mol. The minimum atomic E-state index is -5.03. The van der Waals surface area contributed by atoms with Gasteiger partial charge in [-0.1, -0.05) is 24.4 Å². The molecule has 14 heteroatoms. The van der Waals surface area contributed by atoms with E-state index in [9.17, 15) is 31.1 Å². The zero-order valence-corrected chi connectivity index (χ0v) is 16.8. The Balaban J connectivity index is 1.81. The Bertz CT molecular complexity index is 1420. The number of hydrogen-bond donors (Lipinski definition) is 2. The molecule has 0 unspecified atom stereocenters. The lowest BCUT2D eigenvalue weighted by Gasteiger charge is -2.14. The van der Waals surface area contributed by atoms with Crippen molar-refractivity contribution in [1.29, 1.82) is 0 Å². The smallest absolute Gasteiger partial charge is 0.352 e. The van der Waals surface area contributed by atoms with Gasteiger partial charge in [-0.3, -0.25) is 4.79 Å². The number of fused-ring (bicyclic) bond motifs is 1. The van der Waals surface area contributed by atoms with Crippen molar-refractivity contribution >= 4 is 34.6 Å². The Morgan fingerprint density at radius 3 is 2.48 bits per heavy atom. The van der Waals surface area contributed by atoms with Gasteiger partial charge in [0.15, 0.2) is 11.4 Å². The van der Waals surface area contributed by atoms with Gasteiger partial charge < -0.3 is 10.3 Å². The van der Waals surface area contributed by atoms with Crippen LogP contribution in [0.4, 0.5) is 32.0 Å². The number of rotatable bonds is 3. The average Bonchev–Trinajstić information content (AvgIpc) is 3.19. The van der Waals surface area contributed by atoms with Crippen LogP contribution in [0, 0.1) is 4.64 Å². The highest BCUT2D eigenvalue weighted by molar-refractivity contribution is 7.71. The lowest BCUT2D eigenvalue weighted by Crippen LogP contribution is -2.21. The maximum atomic E-state index is 14.0. The quantitative estimate of drug-likeness (QED) is 0.310. The molecular weight excluding hydrogens is 474 g/mol. The lowest BCUT2D eigenvalue weighted by molar-refractivity contribution is -0.143. The molecule has 33 heavy (non-hydrogen) atoms. The fourth-order valence-electron chi connectivity index (χ4n) is 3.13. The first-order valence-corrected chi connectivity index (χ1v) is 9.35. The third kappa shape index (κ3) is 4.28. The van der Waals surface area contributed by atoms with E-state index in [1.807, 2.05) is 5.32 Å². The second-order valence-electron chi connectivity index (χ2n) is 6.64. The molecule has 3 heterocycles. The summed E-state index contributed by atoms with van der Waals surface area (Å²) in [5.41, 5.74) is -4.21. The van der Waals surface area contributed by atoms with Gasteiger partial charge in [-0.15, -0.1) is 5.10 Å². The van der Waals surface area contributed by atoms with E-state index in [1.165, 1.54) is 24.4 Å². The standard InChI is InChI=1S/C19H10F6N6OS/c20-18(21,22)14-6-9(7-27-30-14)29-16(32)12-8-28-31(15(12)19(23,24)25)13-3-1-2-11-10(13)4-5-26-17(11)33/h1-8H,(H,26,33)(H,29,30,32). The zero-order chi connectivity index (χ0) is 24.0. The van der Waals surface area contributed by atoms with Crippen molar-refractivity contribution < 1.29 is 31.1 Å². The number of H-pyrrole nitrogens is 1. The Morgan fingerprint density at radius 1 is 1.03 bits per heavy atom. The van der Waals surface area contributed by atoms with Crippen LogP contribution in [0.25, 0.3) is 16.5 Å². The van der Waals surface area contributed by atoms with Crippen molar-refractivity contribution in [1.82, 2.24) is 25.0 Å². The van der Waals surface area contributed by atoms with Crippen LogP contribution < -0.4 is 5.32 Å². The molecule has 0 fully saturated rings. The van der Waals surface area contributed by atoms with Crippen molar-refractivity contribution in [2.24, 2.45) is 0 Å². The van der Waals surface area contributed by atoms with Gasteiger partial charge in [0, 0.05) is 17.0 Å². The van der Waals surface area contributed by atoms with Crippen molar-refractivity contribution in [2.45, 2.75) is 12.4 Å². The summed E-state index contributed by atoms with van der Waals surface area (Å²) in [5, 5.41) is 12.5. The number of pyridine rings is 1. The Kier molecular flexibility index (Phi) is 5.40. The maximum absolute atomic E-state index is 14.0. The van der Waals surface area contributed by atoms with E-state index < -0.39 is 40.9 Å². The number of halogens is 6. The molecule has 0 bridgehead atoms. The maximum Gasteiger partial charge on any atom is 0.435 e. The number of anilines is 1. The molecule has 4 aromatic rings. The first-order valence-electron chi connectivity index (χ1n) is 8.94. The van der Waals surface area contributed by atoms with E-state index in [0.29, 0.717) is 32.4 Å². The fourth-order valence-corrected chi connectivity index (χ4v) is 3.38. The van der Waals surface area contributed by atoms with Crippen LogP contribution in [-0.2, 0) is 12.4 Å². The predicted octanol–water partition coefficient (Wildman–Crippen LogP) is 5.16. The SMILES string of the molecule is O=C(Nc1cnnc(C(F)(F)F)c1)c1cnn(-c2cccc3c(=S)[nH]ccc23)c1C(F)(F)F. The van der Waals surface area contributed by atoms with Crippen LogP contribution in [0.15, 0.2) is 48.9 Å². The lowest BCUT2D eigenvalue weighted by atomic mass is 10.1. The van der Waals surface area contributed by atoms with Gasteiger partial charge >= 0.3 is 12.4 Å². The number of aromatic nitrogens is 5. The number of hydrogen-bond acceptors (Lipinski definition) is 5. The van der Waals surface area contributed by atoms with E-state index in [1.54, 1.807) is 6.07 Å². The van der Waals surface area contributed by atoms with Crippen LogP contribution in [0.2, 0.25) is 0 Å². The third-order valence-corrected chi connectivity index (χ3v) is 4.84. The minimum absolute atomic E-state index is 0.00362. The Labute approximate surface area is 185 Å². The molecule has 0 saturated carbocycles. The molecule has 1 aromatic carbocycles. The van der Waals surface area contributed by atoms with Crippen molar-refractivity contribution in [3.8, 4) is 5.69 Å². The summed E-state index contributed by atoms with van der Waals surface area (Å²) >= 11 is 5.16. The average molecular weight is 484 g/mol. The molecule has 0 atom stereocenters. The van der Waals surface area contributed by atoms with E-state index in [-0.39, 0.29) is 5.69 Å². The summed E-state index contributed by atoms with van der Waals surface area (Å²) in [4.78, 5) is 15.4. The topological polar surface area (TPSA) is 88.5 Å². The highest BCUT2D eigenvalue weighted by Gasteiger charge is 2.41. The predicted molar refractivity (Wildman–Crippen MR) is 106 cm³/mol. The molecule has 0 aliphatic carbocycles. The minimum Gasteiger partial charge on any atom is -0.352 e. The molecular formula is C19H10F6N6OS. The van der Waals surface area contributed by atoms with Gasteiger partial charge in [-0.2, -0.15) is 36.5 Å². The molecule has 3 aromatic heterocycles. The Morgan fingerprint density at radius 2 is 1.79 bits per heavy atom. The second kappa shape index (κ2) is 7.95. The van der Waals surface area contributed by atoms with Gasteiger partial charge in [0.2, 0.25) is 0 Å². The molecule has 0 aliphatic heterocycles. The van der Waals surface area contributed by atoms with Crippen LogP contribution in [0.3, 0.4) is 0 Å². The molecule has 4 rings (SSSR count). The molecule has 170 valence electrons. The molecule has 7 nitrogen and oxygen atoms in total. The highest BCUT2D eigenvalue weighted by atomic mass is 32.1. The van der Waals surface area contributed by atoms with Gasteiger partial charge in [0.05, 0.1) is 29.3 Å². The molecule has 0 spiro atoms. The van der Waals surface area contributed by atoms with Crippen LogP contribution in [-0.4, -0.2) is 30.9 Å². The van der Waals surface area contributed by atoms with E-state index in [2.05, 4.69) is 20.3 Å². The summed E-state index contributed by atoms with van der Waals surface area (Å²) in [6.07, 6.45) is -6.98. The van der Waals surface area contributed by atoms with Crippen molar-refractivity contribution in [3.63, 3.8) is 0 Å². The molecule has 0 radical (unpaired) electrons. The molecule has 0 saturated heterocycles. The number of aromatic amines is 1. The van der Waals surface area contributed by atoms with Gasteiger partial charge in [0.25, 0.3) is 5.91 Å². The summed E-state index contributed by atoms with van der Waals surface area (Å²) < 4.78 is 81.2. The van der Waals surface area contributed by atoms with Gasteiger partial charge in [-0.25, -0.2) is 4.68 Å². The summed E-state index contributed by atoms with van der Waals surface area (Å²) in [6, 6.07) is 6.41. The van der Waals surface area contributed by atoms with E-state index in [0.717, 1.165) is 6.20 Å². The molecule has 0 aliphatic rings. The largest absolute Gasteiger partial charge is 0.435 e. The van der Waals surface area contributed by atoms with Crippen molar-refractivity contribution in [3.05, 3.63) is 70.5 Å². The number of carbonyl (C=O) groups excluding carboxylic acids is 1. The Hall–Kier alpha value is -3.81. The van der Waals surface area contributed by atoms with Crippen molar-refractivity contribution in [2.75, 3.05) is 5.32 Å². The zero-order valence-electron chi connectivity index (χ0n) is 16.0. The fraction of sp³-hybridized carbons (Fsp3) is 0.105. The number of nitrogens with one attached hydrogen (secondary N) is 2. The number of amides is 1. The second-order valence-corrected chi connectivity index (χ2v) is 7.05. The highest BCUT2D eigenvalue weighted by Crippen LogP contribution is 2.36. The van der Waals surface area contributed by atoms with Crippen LogP contribution >= 0.6 is 12.2 Å². The summed E-state index contributed by atoms with van der Waals surface area (Å²) in [7, 11) is 0. The van der Waals surface area contributed by atoms with Gasteiger partial charge in [0.1, 0.15) is 4.64 Å². The van der Waals surface area contributed by atoms with Crippen LogP contribution in [0.1, 0.15) is 21.7 Å². The first kappa shape index (κ1) is 22.4. The number of nitrogens with zero attached hydrogens (tertiary/aromatic N) is 4. The van der Waals surface area contributed by atoms with E-state index >= 15 is 0 Å². The number of benzene rings is 1. The van der Waals surface area contributed by atoms with Gasteiger partial charge in [-0.05, 0) is 18.2 Å². The molecule has 2 N–H and O–H groups in total. The summed E-state index contributed by atoms with van der Waals surface area (Å²) in [5.74, 6) is -1.33. The van der Waals surface area contributed by atoms with Crippen LogP contribution in [0.5, 0.6) is 0 Å². The van der Waals surface area contributed by atoms with E-state index in [4.69, 9.17) is 12.2 Å². The number of alkyl halides is 6. The summed E-state index contributed by atoms with van der Waals surface area (Å²) in [6.45, 7) is 0. The molecule has 1 amide bonds. The third-order valence-electron chi connectivity index (χ3n) is 4.51. The normalized spacial score (nSPS) is 12.2. The number of carbonyl (C=O) groups is 1. The first-order chi connectivity index (χ1) is 15.5.